The molecule has 0 aromatic heterocycles. The maximum absolute atomic E-state index is 10.5. The predicted octanol–water partition coefficient (Wildman–Crippen LogP) is 3.72. The molecule has 0 aliphatic carbocycles. The van der Waals surface area contributed by atoms with Crippen LogP contribution >= 0.6 is 0 Å². The molecule has 0 heterocycles. The minimum absolute atomic E-state index is 0.144. The standard InChI is InChI=1S/C19H22O4/c1-2-15-3-8-17(9-4-15)22-13-14-23-18-10-5-16(6-11-18)7-12-19(20)21/h3-6,8-11H,2,7,12-14H2,1H3,(H,20,21). The van der Waals surface area contributed by atoms with Crippen molar-refractivity contribution in [3.63, 3.8) is 0 Å². The molecule has 2 aromatic carbocycles. The van der Waals surface area contributed by atoms with Gasteiger partial charge in [0.15, 0.2) is 0 Å². The topological polar surface area (TPSA) is 55.8 Å². The van der Waals surface area contributed by atoms with Gasteiger partial charge >= 0.3 is 5.97 Å². The van der Waals surface area contributed by atoms with Crippen LogP contribution in [-0.2, 0) is 17.6 Å². The molecular weight excluding hydrogens is 292 g/mol. The Labute approximate surface area is 136 Å². The summed E-state index contributed by atoms with van der Waals surface area (Å²) in [7, 11) is 0. The van der Waals surface area contributed by atoms with Crippen LogP contribution in [0.5, 0.6) is 11.5 Å². The van der Waals surface area contributed by atoms with E-state index >= 15 is 0 Å². The van der Waals surface area contributed by atoms with Crippen LogP contribution < -0.4 is 9.47 Å². The summed E-state index contributed by atoms with van der Waals surface area (Å²) >= 11 is 0. The van der Waals surface area contributed by atoms with Crippen molar-refractivity contribution in [2.75, 3.05) is 13.2 Å². The van der Waals surface area contributed by atoms with E-state index in [2.05, 4.69) is 19.1 Å². The monoisotopic (exact) mass is 314 g/mol. The molecule has 23 heavy (non-hydrogen) atoms. The van der Waals surface area contributed by atoms with Crippen LogP contribution in [-0.4, -0.2) is 24.3 Å². The number of carboxylic acid groups (broad SMARTS) is 1. The van der Waals surface area contributed by atoms with Gasteiger partial charge in [-0.2, -0.15) is 0 Å². The molecule has 2 aromatic rings. The van der Waals surface area contributed by atoms with Crippen LogP contribution in [0, 0.1) is 0 Å². The highest BCUT2D eigenvalue weighted by molar-refractivity contribution is 5.67. The fraction of sp³-hybridized carbons (Fsp3) is 0.316. The molecule has 2 rings (SSSR count). The zero-order valence-corrected chi connectivity index (χ0v) is 13.3. The van der Waals surface area contributed by atoms with Gasteiger partial charge in [-0.25, -0.2) is 0 Å². The van der Waals surface area contributed by atoms with Crippen LogP contribution in [0.3, 0.4) is 0 Å². The minimum atomic E-state index is -0.783. The molecule has 0 unspecified atom stereocenters. The Kier molecular flexibility index (Phi) is 6.48. The number of ether oxygens (including phenoxy) is 2. The second-order valence-corrected chi connectivity index (χ2v) is 5.23. The number of aryl methyl sites for hydroxylation is 2. The third kappa shape index (κ3) is 6.02. The Morgan fingerprint density at radius 1 is 0.870 bits per heavy atom. The molecule has 0 spiro atoms. The van der Waals surface area contributed by atoms with Gasteiger partial charge in [0.25, 0.3) is 0 Å². The van der Waals surface area contributed by atoms with Crippen LogP contribution in [0.2, 0.25) is 0 Å². The summed E-state index contributed by atoms with van der Waals surface area (Å²) in [5.41, 5.74) is 2.28. The molecule has 122 valence electrons. The van der Waals surface area contributed by atoms with Crippen molar-refractivity contribution >= 4 is 5.97 Å². The quantitative estimate of drug-likeness (QED) is 0.717. The van der Waals surface area contributed by atoms with E-state index in [1.807, 2.05) is 36.4 Å². The molecule has 0 aliphatic heterocycles. The van der Waals surface area contributed by atoms with Crippen LogP contribution in [0.25, 0.3) is 0 Å². The zero-order chi connectivity index (χ0) is 16.5. The van der Waals surface area contributed by atoms with E-state index in [1.165, 1.54) is 5.56 Å². The van der Waals surface area contributed by atoms with Crippen molar-refractivity contribution in [3.05, 3.63) is 59.7 Å². The molecule has 0 bridgehead atoms. The van der Waals surface area contributed by atoms with E-state index < -0.39 is 5.97 Å². The number of hydrogen-bond acceptors (Lipinski definition) is 3. The van der Waals surface area contributed by atoms with Gasteiger partial charge in [0, 0.05) is 6.42 Å². The van der Waals surface area contributed by atoms with Crippen molar-refractivity contribution in [3.8, 4) is 11.5 Å². The highest BCUT2D eigenvalue weighted by Crippen LogP contribution is 2.15. The average Bonchev–Trinajstić information content (AvgIpc) is 2.58. The Morgan fingerprint density at radius 3 is 1.78 bits per heavy atom. The van der Waals surface area contributed by atoms with Crippen molar-refractivity contribution in [1.29, 1.82) is 0 Å². The third-order valence-electron chi connectivity index (χ3n) is 3.50. The maximum atomic E-state index is 10.5. The van der Waals surface area contributed by atoms with E-state index in [4.69, 9.17) is 14.6 Å². The lowest BCUT2D eigenvalue weighted by Crippen LogP contribution is -2.09. The first-order chi connectivity index (χ1) is 11.2. The second-order valence-electron chi connectivity index (χ2n) is 5.23. The van der Waals surface area contributed by atoms with Crippen molar-refractivity contribution in [2.45, 2.75) is 26.2 Å². The van der Waals surface area contributed by atoms with Crippen molar-refractivity contribution < 1.29 is 19.4 Å². The predicted molar refractivity (Wildman–Crippen MR) is 89.2 cm³/mol. The summed E-state index contributed by atoms with van der Waals surface area (Å²) in [6.45, 7) is 3.06. The summed E-state index contributed by atoms with van der Waals surface area (Å²) in [6, 6.07) is 15.6. The second kappa shape index (κ2) is 8.83. The Hall–Kier alpha value is -2.49. The highest BCUT2D eigenvalue weighted by Gasteiger charge is 2.00. The van der Waals surface area contributed by atoms with Gasteiger partial charge in [-0.1, -0.05) is 31.2 Å². The first kappa shape index (κ1) is 16.9. The van der Waals surface area contributed by atoms with E-state index in [1.54, 1.807) is 0 Å². The molecule has 0 radical (unpaired) electrons. The largest absolute Gasteiger partial charge is 0.490 e. The van der Waals surface area contributed by atoms with Gasteiger partial charge in [-0.05, 0) is 48.2 Å². The van der Waals surface area contributed by atoms with Gasteiger partial charge in [0.2, 0.25) is 0 Å². The van der Waals surface area contributed by atoms with Gasteiger partial charge in [0.1, 0.15) is 24.7 Å². The lowest BCUT2D eigenvalue weighted by Gasteiger charge is -2.09. The third-order valence-corrected chi connectivity index (χ3v) is 3.50. The molecule has 0 fully saturated rings. The number of rotatable bonds is 9. The maximum Gasteiger partial charge on any atom is 0.303 e. The average molecular weight is 314 g/mol. The van der Waals surface area contributed by atoms with E-state index in [-0.39, 0.29) is 6.42 Å². The lowest BCUT2D eigenvalue weighted by molar-refractivity contribution is -0.136. The number of carbonyl (C=O) groups is 1. The van der Waals surface area contributed by atoms with Gasteiger partial charge in [0.05, 0.1) is 0 Å². The Balaban J connectivity index is 1.70. The highest BCUT2D eigenvalue weighted by atomic mass is 16.5. The molecule has 4 nitrogen and oxygen atoms in total. The lowest BCUT2D eigenvalue weighted by atomic mass is 10.1. The molecule has 0 amide bonds. The summed E-state index contributed by atoms with van der Waals surface area (Å²) in [4.78, 5) is 10.5. The fourth-order valence-corrected chi connectivity index (χ4v) is 2.14. The van der Waals surface area contributed by atoms with Crippen LogP contribution in [0.1, 0.15) is 24.5 Å². The van der Waals surface area contributed by atoms with Gasteiger partial charge < -0.3 is 14.6 Å². The molecule has 0 saturated carbocycles. The molecule has 0 atom stereocenters. The van der Waals surface area contributed by atoms with Crippen molar-refractivity contribution in [1.82, 2.24) is 0 Å². The number of aliphatic carboxylic acids is 1. The fourth-order valence-electron chi connectivity index (χ4n) is 2.14. The zero-order valence-electron chi connectivity index (χ0n) is 13.3. The first-order valence-corrected chi connectivity index (χ1v) is 7.82. The SMILES string of the molecule is CCc1ccc(OCCOc2ccc(CCC(=O)O)cc2)cc1. The smallest absolute Gasteiger partial charge is 0.303 e. The van der Waals surface area contributed by atoms with E-state index in [9.17, 15) is 4.79 Å². The molecule has 0 aliphatic rings. The number of hydrogen-bond donors (Lipinski definition) is 1. The first-order valence-electron chi connectivity index (χ1n) is 7.82. The summed E-state index contributed by atoms with van der Waals surface area (Å²) in [5.74, 6) is 0.818. The van der Waals surface area contributed by atoms with E-state index in [0.717, 1.165) is 23.5 Å². The normalized spacial score (nSPS) is 10.3. The molecule has 0 saturated heterocycles. The van der Waals surface area contributed by atoms with Crippen LogP contribution in [0.4, 0.5) is 0 Å². The summed E-state index contributed by atoms with van der Waals surface area (Å²) in [6.07, 6.45) is 1.70. The van der Waals surface area contributed by atoms with Gasteiger partial charge in [-0.15, -0.1) is 0 Å². The Bertz CT molecular complexity index is 602. The van der Waals surface area contributed by atoms with E-state index in [0.29, 0.717) is 19.6 Å². The van der Waals surface area contributed by atoms with Crippen LogP contribution in [0.15, 0.2) is 48.5 Å². The van der Waals surface area contributed by atoms with Gasteiger partial charge in [-0.3, -0.25) is 4.79 Å². The summed E-state index contributed by atoms with van der Waals surface area (Å²) < 4.78 is 11.2. The Morgan fingerprint density at radius 2 is 1.35 bits per heavy atom. The number of benzene rings is 2. The molecular formula is C19H22O4. The number of carboxylic acids is 1. The molecule has 4 heteroatoms. The minimum Gasteiger partial charge on any atom is -0.490 e. The summed E-state index contributed by atoms with van der Waals surface area (Å²) in [5, 5.41) is 8.66. The van der Waals surface area contributed by atoms with Crippen molar-refractivity contribution in [2.24, 2.45) is 0 Å². The molecule has 1 N–H and O–H groups in total.